The van der Waals surface area contributed by atoms with Gasteiger partial charge in [-0.2, -0.15) is 0 Å². The number of anilines is 1. The van der Waals surface area contributed by atoms with Crippen LogP contribution >= 0.6 is 0 Å². The third kappa shape index (κ3) is 4.43. The normalized spacial score (nSPS) is 18.2. The summed E-state index contributed by atoms with van der Waals surface area (Å²) in [6.45, 7) is 7.97. The number of hydrogen-bond acceptors (Lipinski definition) is 4. The number of aromatic nitrogens is 1. The Kier molecular flexibility index (Phi) is 5.17. The molecule has 1 aliphatic heterocycles. The van der Waals surface area contributed by atoms with E-state index >= 15 is 0 Å². The second kappa shape index (κ2) is 6.89. The fourth-order valence-electron chi connectivity index (χ4n) is 2.56. The summed E-state index contributed by atoms with van der Waals surface area (Å²) in [5, 5.41) is 6.17. The molecular weight excluding hydrogens is 264 g/mol. The lowest BCUT2D eigenvalue weighted by Gasteiger charge is -2.37. The van der Waals surface area contributed by atoms with Gasteiger partial charge in [-0.3, -0.25) is 4.79 Å². The predicted molar refractivity (Wildman–Crippen MR) is 85.6 cm³/mol. The van der Waals surface area contributed by atoms with Crippen molar-refractivity contribution < 1.29 is 4.79 Å². The van der Waals surface area contributed by atoms with Crippen LogP contribution in [-0.2, 0) is 0 Å². The molecule has 5 nitrogen and oxygen atoms in total. The van der Waals surface area contributed by atoms with Crippen molar-refractivity contribution >= 4 is 11.7 Å². The summed E-state index contributed by atoms with van der Waals surface area (Å²) < 4.78 is 0. The lowest BCUT2D eigenvalue weighted by molar-refractivity contribution is 0.0887. The van der Waals surface area contributed by atoms with E-state index in [1.807, 2.05) is 19.1 Å². The SMILES string of the molecule is CCNc1cccc(C(=O)NCC2(C)CCN(C)CC2)n1. The number of piperidine rings is 1. The van der Waals surface area contributed by atoms with Gasteiger partial charge in [-0.05, 0) is 57.5 Å². The summed E-state index contributed by atoms with van der Waals surface area (Å²) in [7, 11) is 2.15. The van der Waals surface area contributed by atoms with Crippen molar-refractivity contribution in [3.63, 3.8) is 0 Å². The highest BCUT2D eigenvalue weighted by Gasteiger charge is 2.29. The molecule has 2 N–H and O–H groups in total. The van der Waals surface area contributed by atoms with Gasteiger partial charge in [-0.25, -0.2) is 4.98 Å². The summed E-state index contributed by atoms with van der Waals surface area (Å²) in [5.74, 6) is 0.658. The van der Waals surface area contributed by atoms with E-state index < -0.39 is 0 Å². The molecule has 0 aliphatic carbocycles. The van der Waals surface area contributed by atoms with Crippen LogP contribution in [0.25, 0.3) is 0 Å². The van der Waals surface area contributed by atoms with E-state index in [-0.39, 0.29) is 11.3 Å². The molecule has 0 bridgehead atoms. The maximum Gasteiger partial charge on any atom is 0.269 e. The Hall–Kier alpha value is -1.62. The molecule has 5 heteroatoms. The number of nitrogens with zero attached hydrogens (tertiary/aromatic N) is 2. The van der Waals surface area contributed by atoms with Crippen molar-refractivity contribution in [3.8, 4) is 0 Å². The summed E-state index contributed by atoms with van der Waals surface area (Å²) >= 11 is 0. The second-order valence-electron chi connectivity index (χ2n) is 6.24. The highest BCUT2D eigenvalue weighted by molar-refractivity contribution is 5.92. The molecule has 1 amide bonds. The number of hydrogen-bond donors (Lipinski definition) is 2. The fourth-order valence-corrected chi connectivity index (χ4v) is 2.56. The topological polar surface area (TPSA) is 57.3 Å². The van der Waals surface area contributed by atoms with E-state index in [0.717, 1.165) is 38.3 Å². The van der Waals surface area contributed by atoms with Gasteiger partial charge in [0, 0.05) is 13.1 Å². The van der Waals surface area contributed by atoms with Crippen LogP contribution in [0.5, 0.6) is 0 Å². The van der Waals surface area contributed by atoms with Crippen molar-refractivity contribution in [1.29, 1.82) is 0 Å². The monoisotopic (exact) mass is 290 g/mol. The Balaban J connectivity index is 1.91. The smallest absolute Gasteiger partial charge is 0.269 e. The van der Waals surface area contributed by atoms with Crippen LogP contribution in [0, 0.1) is 5.41 Å². The number of carbonyl (C=O) groups excluding carboxylic acids is 1. The van der Waals surface area contributed by atoms with Crippen LogP contribution in [0.3, 0.4) is 0 Å². The van der Waals surface area contributed by atoms with E-state index in [1.165, 1.54) is 0 Å². The molecule has 0 atom stereocenters. The van der Waals surface area contributed by atoms with Gasteiger partial charge in [-0.15, -0.1) is 0 Å². The van der Waals surface area contributed by atoms with Gasteiger partial charge in [0.1, 0.15) is 11.5 Å². The van der Waals surface area contributed by atoms with Crippen LogP contribution in [0.15, 0.2) is 18.2 Å². The molecular formula is C16H26N4O. The summed E-state index contributed by atoms with van der Waals surface area (Å²) in [5.41, 5.74) is 0.673. The molecule has 0 spiro atoms. The zero-order chi connectivity index (χ0) is 15.3. The van der Waals surface area contributed by atoms with Crippen LogP contribution in [-0.4, -0.2) is 49.0 Å². The number of rotatable bonds is 5. The first-order valence-corrected chi connectivity index (χ1v) is 7.70. The predicted octanol–water partition coefficient (Wildman–Crippen LogP) is 1.98. The summed E-state index contributed by atoms with van der Waals surface area (Å²) in [6, 6.07) is 5.49. The number of pyridine rings is 1. The maximum absolute atomic E-state index is 12.2. The van der Waals surface area contributed by atoms with Gasteiger partial charge in [0.05, 0.1) is 0 Å². The molecule has 2 rings (SSSR count). The van der Waals surface area contributed by atoms with Crippen LogP contribution < -0.4 is 10.6 Å². The molecule has 0 unspecified atom stereocenters. The first-order valence-electron chi connectivity index (χ1n) is 7.70. The first kappa shape index (κ1) is 15.8. The standard InChI is InChI=1S/C16H26N4O/c1-4-17-14-7-5-6-13(19-14)15(21)18-12-16(2)8-10-20(3)11-9-16/h5-7H,4,8-12H2,1-3H3,(H,17,19)(H,18,21). The highest BCUT2D eigenvalue weighted by atomic mass is 16.1. The Morgan fingerprint density at radius 3 is 2.76 bits per heavy atom. The minimum absolute atomic E-state index is 0.0880. The zero-order valence-electron chi connectivity index (χ0n) is 13.3. The third-order valence-electron chi connectivity index (χ3n) is 4.21. The van der Waals surface area contributed by atoms with Gasteiger partial charge in [0.2, 0.25) is 0 Å². The van der Waals surface area contributed by atoms with Crippen molar-refractivity contribution in [1.82, 2.24) is 15.2 Å². The van der Waals surface area contributed by atoms with Gasteiger partial charge >= 0.3 is 0 Å². The van der Waals surface area contributed by atoms with Crippen molar-refractivity contribution in [3.05, 3.63) is 23.9 Å². The summed E-state index contributed by atoms with van der Waals surface area (Å²) in [6.07, 6.45) is 2.24. The van der Waals surface area contributed by atoms with E-state index in [1.54, 1.807) is 6.07 Å². The molecule has 0 aromatic carbocycles. The van der Waals surface area contributed by atoms with Gasteiger partial charge in [0.25, 0.3) is 5.91 Å². The number of carbonyl (C=O) groups is 1. The van der Waals surface area contributed by atoms with Gasteiger partial charge in [0.15, 0.2) is 0 Å². The Morgan fingerprint density at radius 1 is 1.38 bits per heavy atom. The Morgan fingerprint density at radius 2 is 2.10 bits per heavy atom. The summed E-state index contributed by atoms with van der Waals surface area (Å²) in [4.78, 5) is 18.9. The molecule has 1 saturated heterocycles. The van der Waals surface area contributed by atoms with E-state index in [2.05, 4.69) is 34.5 Å². The molecule has 21 heavy (non-hydrogen) atoms. The molecule has 2 heterocycles. The van der Waals surface area contributed by atoms with Gasteiger partial charge in [-0.1, -0.05) is 13.0 Å². The van der Waals surface area contributed by atoms with Crippen molar-refractivity contribution in [2.45, 2.75) is 26.7 Å². The Bertz CT molecular complexity index is 481. The lowest BCUT2D eigenvalue weighted by atomic mass is 9.80. The van der Waals surface area contributed by atoms with E-state index in [4.69, 9.17) is 0 Å². The molecule has 116 valence electrons. The minimum Gasteiger partial charge on any atom is -0.370 e. The zero-order valence-corrected chi connectivity index (χ0v) is 13.3. The average molecular weight is 290 g/mol. The molecule has 1 aliphatic rings. The van der Waals surface area contributed by atoms with Crippen LogP contribution in [0.4, 0.5) is 5.82 Å². The molecule has 1 aromatic heterocycles. The van der Waals surface area contributed by atoms with Crippen LogP contribution in [0.2, 0.25) is 0 Å². The molecule has 1 fully saturated rings. The first-order chi connectivity index (χ1) is 10.0. The lowest BCUT2D eigenvalue weighted by Crippen LogP contribution is -2.43. The van der Waals surface area contributed by atoms with Crippen molar-refractivity contribution in [2.75, 3.05) is 38.5 Å². The molecule has 0 saturated carbocycles. The van der Waals surface area contributed by atoms with Gasteiger partial charge < -0.3 is 15.5 Å². The average Bonchev–Trinajstić information content (AvgIpc) is 2.49. The Labute approximate surface area is 127 Å². The highest BCUT2D eigenvalue weighted by Crippen LogP contribution is 2.29. The number of nitrogens with one attached hydrogen (secondary N) is 2. The maximum atomic E-state index is 12.2. The second-order valence-corrected chi connectivity index (χ2v) is 6.24. The van der Waals surface area contributed by atoms with Crippen molar-refractivity contribution in [2.24, 2.45) is 5.41 Å². The quantitative estimate of drug-likeness (QED) is 0.870. The van der Waals surface area contributed by atoms with E-state index in [0.29, 0.717) is 12.2 Å². The fraction of sp³-hybridized carbons (Fsp3) is 0.625. The van der Waals surface area contributed by atoms with E-state index in [9.17, 15) is 4.79 Å². The largest absolute Gasteiger partial charge is 0.370 e. The molecule has 1 aromatic rings. The number of likely N-dealkylation sites (tertiary alicyclic amines) is 1. The number of amides is 1. The third-order valence-corrected chi connectivity index (χ3v) is 4.21. The minimum atomic E-state index is -0.0880. The van der Waals surface area contributed by atoms with Crippen LogP contribution in [0.1, 0.15) is 37.2 Å². The molecule has 0 radical (unpaired) electrons.